The van der Waals surface area contributed by atoms with Gasteiger partial charge in [-0.05, 0) is 36.9 Å². The SMILES string of the molecule is CCC(C)NS(=O)c1ccc2ccncc2c1. The zero-order valence-electron chi connectivity index (χ0n) is 10.0. The van der Waals surface area contributed by atoms with Gasteiger partial charge in [0.15, 0.2) is 0 Å². The van der Waals surface area contributed by atoms with Crippen LogP contribution in [0.3, 0.4) is 0 Å². The second-order valence-electron chi connectivity index (χ2n) is 4.08. The van der Waals surface area contributed by atoms with Crippen LogP contribution in [0.15, 0.2) is 41.6 Å². The number of pyridine rings is 1. The topological polar surface area (TPSA) is 42.0 Å². The normalized spacial score (nSPS) is 14.7. The maximum Gasteiger partial charge on any atom is 0.125 e. The van der Waals surface area contributed by atoms with Crippen LogP contribution in [-0.4, -0.2) is 15.2 Å². The second kappa shape index (κ2) is 5.38. The Morgan fingerprint density at radius 2 is 2.18 bits per heavy atom. The van der Waals surface area contributed by atoms with E-state index in [9.17, 15) is 4.21 Å². The molecule has 17 heavy (non-hydrogen) atoms. The van der Waals surface area contributed by atoms with E-state index >= 15 is 0 Å². The number of aromatic nitrogens is 1. The van der Waals surface area contributed by atoms with Crippen molar-refractivity contribution >= 4 is 21.8 Å². The van der Waals surface area contributed by atoms with E-state index in [1.54, 1.807) is 12.4 Å². The van der Waals surface area contributed by atoms with Crippen molar-refractivity contribution in [3.8, 4) is 0 Å². The van der Waals surface area contributed by atoms with Crippen molar-refractivity contribution in [1.29, 1.82) is 0 Å². The Kier molecular flexibility index (Phi) is 3.86. The highest BCUT2D eigenvalue weighted by molar-refractivity contribution is 7.83. The van der Waals surface area contributed by atoms with Crippen molar-refractivity contribution in [2.75, 3.05) is 0 Å². The molecule has 0 saturated carbocycles. The average Bonchev–Trinajstić information content (AvgIpc) is 2.38. The quantitative estimate of drug-likeness (QED) is 0.903. The van der Waals surface area contributed by atoms with Crippen LogP contribution in [0.25, 0.3) is 10.8 Å². The number of rotatable bonds is 4. The number of nitrogens with zero attached hydrogens (tertiary/aromatic N) is 1. The van der Waals surface area contributed by atoms with Crippen LogP contribution in [0.1, 0.15) is 20.3 Å². The first-order chi connectivity index (χ1) is 8.20. The Hall–Kier alpha value is -1.26. The number of nitrogens with one attached hydrogen (secondary N) is 1. The lowest BCUT2D eigenvalue weighted by molar-refractivity contribution is 0.624. The molecule has 0 aliphatic heterocycles. The molecule has 0 saturated heterocycles. The summed E-state index contributed by atoms with van der Waals surface area (Å²) in [6, 6.07) is 7.99. The molecule has 2 rings (SSSR count). The summed E-state index contributed by atoms with van der Waals surface area (Å²) in [4.78, 5) is 4.87. The molecule has 0 bridgehead atoms. The fourth-order valence-corrected chi connectivity index (χ4v) is 2.61. The largest absolute Gasteiger partial charge is 0.264 e. The monoisotopic (exact) mass is 248 g/mol. The molecule has 2 atom stereocenters. The first-order valence-electron chi connectivity index (χ1n) is 5.72. The van der Waals surface area contributed by atoms with Gasteiger partial charge in [0.2, 0.25) is 0 Å². The molecule has 1 aromatic heterocycles. The Balaban J connectivity index is 2.27. The second-order valence-corrected chi connectivity index (χ2v) is 5.33. The lowest BCUT2D eigenvalue weighted by Crippen LogP contribution is -2.27. The zero-order chi connectivity index (χ0) is 12.3. The van der Waals surface area contributed by atoms with E-state index in [4.69, 9.17) is 0 Å². The highest BCUT2D eigenvalue weighted by Crippen LogP contribution is 2.16. The van der Waals surface area contributed by atoms with Crippen molar-refractivity contribution in [3.63, 3.8) is 0 Å². The predicted molar refractivity (Wildman–Crippen MR) is 71.0 cm³/mol. The molecule has 4 heteroatoms. The summed E-state index contributed by atoms with van der Waals surface area (Å²) in [6.45, 7) is 4.10. The number of hydrogen-bond acceptors (Lipinski definition) is 2. The molecule has 0 aliphatic carbocycles. The van der Waals surface area contributed by atoms with Gasteiger partial charge in [0.05, 0.1) is 4.90 Å². The summed E-state index contributed by atoms with van der Waals surface area (Å²) in [5.74, 6) is 0. The molecule has 0 radical (unpaired) electrons. The third-order valence-electron chi connectivity index (χ3n) is 2.75. The Morgan fingerprint density at radius 1 is 1.35 bits per heavy atom. The van der Waals surface area contributed by atoms with Crippen LogP contribution in [0.2, 0.25) is 0 Å². The summed E-state index contributed by atoms with van der Waals surface area (Å²) in [6.07, 6.45) is 4.51. The molecular weight excluding hydrogens is 232 g/mol. The maximum atomic E-state index is 12.0. The van der Waals surface area contributed by atoms with Gasteiger partial charge in [-0.3, -0.25) is 4.98 Å². The maximum absolute atomic E-state index is 12.0. The first-order valence-corrected chi connectivity index (χ1v) is 6.87. The number of fused-ring (bicyclic) bond motifs is 1. The molecule has 0 aliphatic rings. The molecular formula is C13H16N2OS. The Morgan fingerprint density at radius 3 is 2.94 bits per heavy atom. The fraction of sp³-hybridized carbons (Fsp3) is 0.308. The summed E-state index contributed by atoms with van der Waals surface area (Å²) in [5.41, 5.74) is 0. The average molecular weight is 248 g/mol. The standard InChI is InChI=1S/C13H16N2OS/c1-3-10(2)15-17(16)13-5-4-11-6-7-14-9-12(11)8-13/h4-10,15H,3H2,1-2H3. The van der Waals surface area contributed by atoms with Gasteiger partial charge >= 0.3 is 0 Å². The van der Waals surface area contributed by atoms with Crippen molar-refractivity contribution < 1.29 is 4.21 Å². The van der Waals surface area contributed by atoms with Crippen molar-refractivity contribution in [2.45, 2.75) is 31.2 Å². The first kappa shape index (κ1) is 12.2. The van der Waals surface area contributed by atoms with E-state index in [1.165, 1.54) is 0 Å². The number of hydrogen-bond donors (Lipinski definition) is 1. The minimum absolute atomic E-state index is 0.250. The van der Waals surface area contributed by atoms with Gasteiger partial charge in [0.25, 0.3) is 0 Å². The van der Waals surface area contributed by atoms with Gasteiger partial charge < -0.3 is 0 Å². The van der Waals surface area contributed by atoms with Crippen LogP contribution in [0.4, 0.5) is 0 Å². The number of benzene rings is 1. The van der Waals surface area contributed by atoms with Crippen molar-refractivity contribution in [2.24, 2.45) is 0 Å². The van der Waals surface area contributed by atoms with E-state index in [0.717, 1.165) is 22.1 Å². The molecule has 0 amide bonds. The van der Waals surface area contributed by atoms with E-state index in [-0.39, 0.29) is 6.04 Å². The third-order valence-corrected chi connectivity index (χ3v) is 4.05. The van der Waals surface area contributed by atoms with E-state index in [2.05, 4.69) is 16.6 Å². The van der Waals surface area contributed by atoms with Crippen LogP contribution in [-0.2, 0) is 11.0 Å². The lowest BCUT2D eigenvalue weighted by atomic mass is 10.2. The van der Waals surface area contributed by atoms with Gasteiger partial charge in [-0.2, -0.15) is 0 Å². The van der Waals surface area contributed by atoms with Crippen molar-refractivity contribution in [1.82, 2.24) is 9.71 Å². The molecule has 1 N–H and O–H groups in total. The molecule has 2 aromatic rings. The zero-order valence-corrected chi connectivity index (χ0v) is 10.8. The van der Waals surface area contributed by atoms with Crippen LogP contribution in [0, 0.1) is 0 Å². The summed E-state index contributed by atoms with van der Waals surface area (Å²) < 4.78 is 15.1. The molecule has 2 unspecified atom stereocenters. The van der Waals surface area contributed by atoms with E-state index in [1.807, 2.05) is 31.2 Å². The van der Waals surface area contributed by atoms with Crippen LogP contribution >= 0.6 is 0 Å². The van der Waals surface area contributed by atoms with Gasteiger partial charge in [-0.25, -0.2) is 8.93 Å². The Bertz CT molecular complexity index is 542. The molecule has 1 aromatic carbocycles. The van der Waals surface area contributed by atoms with Crippen LogP contribution < -0.4 is 4.72 Å². The highest BCUT2D eigenvalue weighted by Gasteiger charge is 2.07. The molecule has 1 heterocycles. The minimum Gasteiger partial charge on any atom is -0.264 e. The smallest absolute Gasteiger partial charge is 0.125 e. The van der Waals surface area contributed by atoms with Gasteiger partial charge in [0, 0.05) is 23.8 Å². The van der Waals surface area contributed by atoms with Gasteiger partial charge in [-0.15, -0.1) is 0 Å². The van der Waals surface area contributed by atoms with E-state index in [0.29, 0.717) is 0 Å². The summed E-state index contributed by atoms with van der Waals surface area (Å²) in [5, 5.41) is 2.13. The molecule has 3 nitrogen and oxygen atoms in total. The van der Waals surface area contributed by atoms with E-state index < -0.39 is 11.0 Å². The Labute approximate surface area is 104 Å². The van der Waals surface area contributed by atoms with Crippen LogP contribution in [0.5, 0.6) is 0 Å². The summed E-state index contributed by atoms with van der Waals surface area (Å²) in [7, 11) is -1.15. The minimum atomic E-state index is -1.15. The third kappa shape index (κ3) is 2.90. The highest BCUT2D eigenvalue weighted by atomic mass is 32.2. The molecule has 0 fully saturated rings. The van der Waals surface area contributed by atoms with Gasteiger partial charge in [0.1, 0.15) is 11.0 Å². The van der Waals surface area contributed by atoms with Crippen molar-refractivity contribution in [3.05, 3.63) is 36.7 Å². The lowest BCUT2D eigenvalue weighted by Gasteiger charge is -2.10. The van der Waals surface area contributed by atoms with Gasteiger partial charge in [-0.1, -0.05) is 13.0 Å². The summed E-state index contributed by atoms with van der Waals surface area (Å²) >= 11 is 0. The fourth-order valence-electron chi connectivity index (χ4n) is 1.51. The molecule has 90 valence electrons. The predicted octanol–water partition coefficient (Wildman–Crippen LogP) is 2.65. The molecule has 0 spiro atoms.